The van der Waals surface area contributed by atoms with E-state index in [2.05, 4.69) is 25.2 Å². The number of likely N-dealkylation sites (N-methyl/N-ethyl adjacent to an activating group) is 1. The Balaban J connectivity index is 2.64. The highest BCUT2D eigenvalue weighted by atomic mass is 19.1. The summed E-state index contributed by atoms with van der Waals surface area (Å²) in [6.45, 7) is 4.13. The Hall–Kier alpha value is -1.67. The van der Waals surface area contributed by atoms with E-state index in [1.54, 1.807) is 6.07 Å². The van der Waals surface area contributed by atoms with Crippen molar-refractivity contribution in [2.24, 2.45) is 0 Å². The van der Waals surface area contributed by atoms with E-state index in [0.717, 1.165) is 10.9 Å². The molecule has 0 bridgehead atoms. The highest BCUT2D eigenvalue weighted by Gasteiger charge is 2.11. The predicted octanol–water partition coefficient (Wildman–Crippen LogP) is 4.21. The summed E-state index contributed by atoms with van der Waals surface area (Å²) in [7, 11) is 1.92. The summed E-state index contributed by atoms with van der Waals surface area (Å²) in [4.78, 5) is 0. The summed E-state index contributed by atoms with van der Waals surface area (Å²) in [5, 5.41) is 4.91. The Morgan fingerprint density at radius 1 is 1.11 bits per heavy atom. The van der Waals surface area contributed by atoms with Crippen LogP contribution in [0, 0.1) is 5.82 Å². The van der Waals surface area contributed by atoms with Crippen molar-refractivity contribution in [3.63, 3.8) is 0 Å². The largest absolute Gasteiger partial charge is 0.310 e. The van der Waals surface area contributed by atoms with Gasteiger partial charge in [-0.1, -0.05) is 42.0 Å². The number of allylic oxidation sites excluding steroid dienone is 1. The average molecular weight is 243 g/mol. The number of rotatable bonds is 3. The molecule has 0 aromatic heterocycles. The standard InChI is InChI=1S/C16H18FN/c1-11(2)10-16(18-3)14-8-9-15(17)13-7-5-4-6-12(13)14/h4-10,16,18H,1-3H3. The van der Waals surface area contributed by atoms with Crippen molar-refractivity contribution in [1.82, 2.24) is 5.32 Å². The average Bonchev–Trinajstić information content (AvgIpc) is 2.37. The third-order valence-corrected chi connectivity index (χ3v) is 3.05. The lowest BCUT2D eigenvalue weighted by atomic mass is 9.97. The SMILES string of the molecule is CNC(C=C(C)C)c1ccc(F)c2ccccc12. The minimum absolute atomic E-state index is 0.112. The first kappa shape index (κ1) is 12.8. The molecule has 0 saturated heterocycles. The Labute approximate surface area is 107 Å². The lowest BCUT2D eigenvalue weighted by molar-refractivity contribution is 0.637. The monoisotopic (exact) mass is 243 g/mol. The molecule has 0 aliphatic carbocycles. The zero-order chi connectivity index (χ0) is 13.1. The van der Waals surface area contributed by atoms with E-state index in [4.69, 9.17) is 0 Å². The molecular weight excluding hydrogens is 225 g/mol. The topological polar surface area (TPSA) is 12.0 Å². The molecule has 0 aliphatic heterocycles. The lowest BCUT2D eigenvalue weighted by Gasteiger charge is -2.16. The fourth-order valence-electron chi connectivity index (χ4n) is 2.22. The smallest absolute Gasteiger partial charge is 0.131 e. The molecule has 1 nitrogen and oxygen atoms in total. The minimum atomic E-state index is -0.165. The summed E-state index contributed by atoms with van der Waals surface area (Å²) in [5.41, 5.74) is 2.35. The number of fused-ring (bicyclic) bond motifs is 1. The van der Waals surface area contributed by atoms with Crippen molar-refractivity contribution >= 4 is 10.8 Å². The first-order valence-corrected chi connectivity index (χ1v) is 6.13. The molecule has 0 heterocycles. The highest BCUT2D eigenvalue weighted by molar-refractivity contribution is 5.86. The molecule has 0 amide bonds. The van der Waals surface area contributed by atoms with Gasteiger partial charge in [0.05, 0.1) is 6.04 Å². The van der Waals surface area contributed by atoms with Gasteiger partial charge in [-0.05, 0) is 37.9 Å². The number of hydrogen-bond donors (Lipinski definition) is 1. The van der Waals surface area contributed by atoms with Crippen molar-refractivity contribution < 1.29 is 4.39 Å². The van der Waals surface area contributed by atoms with Gasteiger partial charge in [-0.25, -0.2) is 4.39 Å². The van der Waals surface area contributed by atoms with Crippen molar-refractivity contribution in [1.29, 1.82) is 0 Å². The van der Waals surface area contributed by atoms with Crippen LogP contribution in [0.25, 0.3) is 10.8 Å². The van der Waals surface area contributed by atoms with E-state index in [1.165, 1.54) is 5.57 Å². The van der Waals surface area contributed by atoms with Gasteiger partial charge in [0.2, 0.25) is 0 Å². The molecular formula is C16H18FN. The molecule has 0 fully saturated rings. The highest BCUT2D eigenvalue weighted by Crippen LogP contribution is 2.27. The van der Waals surface area contributed by atoms with Crippen LogP contribution < -0.4 is 5.32 Å². The third-order valence-electron chi connectivity index (χ3n) is 3.05. The van der Waals surface area contributed by atoms with E-state index in [0.29, 0.717) is 5.39 Å². The van der Waals surface area contributed by atoms with Crippen molar-refractivity contribution in [2.75, 3.05) is 7.05 Å². The number of benzene rings is 2. The quantitative estimate of drug-likeness (QED) is 0.796. The molecule has 2 aromatic carbocycles. The summed E-state index contributed by atoms with van der Waals surface area (Å²) < 4.78 is 13.8. The maximum Gasteiger partial charge on any atom is 0.131 e. The van der Waals surface area contributed by atoms with Crippen LogP contribution in [0.5, 0.6) is 0 Å². The molecule has 94 valence electrons. The van der Waals surface area contributed by atoms with Crippen LogP contribution in [0.1, 0.15) is 25.5 Å². The van der Waals surface area contributed by atoms with Gasteiger partial charge in [-0.15, -0.1) is 0 Å². The van der Waals surface area contributed by atoms with Gasteiger partial charge in [0, 0.05) is 5.39 Å². The molecule has 2 aromatic rings. The first-order chi connectivity index (χ1) is 8.63. The number of halogens is 1. The van der Waals surface area contributed by atoms with E-state index in [-0.39, 0.29) is 11.9 Å². The molecule has 18 heavy (non-hydrogen) atoms. The molecule has 2 heteroatoms. The van der Waals surface area contributed by atoms with E-state index >= 15 is 0 Å². The summed E-state index contributed by atoms with van der Waals surface area (Å²) in [6.07, 6.45) is 2.15. The molecule has 1 N–H and O–H groups in total. The van der Waals surface area contributed by atoms with E-state index in [9.17, 15) is 4.39 Å². The van der Waals surface area contributed by atoms with E-state index < -0.39 is 0 Å². The van der Waals surface area contributed by atoms with Crippen LogP contribution >= 0.6 is 0 Å². The number of nitrogens with one attached hydrogen (secondary N) is 1. The summed E-state index contributed by atoms with van der Waals surface area (Å²) in [6, 6.07) is 11.1. The van der Waals surface area contributed by atoms with Crippen LogP contribution in [-0.2, 0) is 0 Å². The molecule has 1 atom stereocenters. The van der Waals surface area contributed by atoms with Crippen molar-refractivity contribution in [3.8, 4) is 0 Å². The van der Waals surface area contributed by atoms with Gasteiger partial charge >= 0.3 is 0 Å². The van der Waals surface area contributed by atoms with Gasteiger partial charge < -0.3 is 5.32 Å². The summed E-state index contributed by atoms with van der Waals surface area (Å²) >= 11 is 0. The van der Waals surface area contributed by atoms with Crippen LogP contribution in [0.2, 0.25) is 0 Å². The van der Waals surface area contributed by atoms with Gasteiger partial charge in [0.1, 0.15) is 5.82 Å². The maximum absolute atomic E-state index is 13.8. The fourth-order valence-corrected chi connectivity index (χ4v) is 2.22. The predicted molar refractivity (Wildman–Crippen MR) is 75.1 cm³/mol. The first-order valence-electron chi connectivity index (χ1n) is 6.13. The molecule has 0 spiro atoms. The van der Waals surface area contributed by atoms with Gasteiger partial charge in [0.15, 0.2) is 0 Å². The maximum atomic E-state index is 13.8. The van der Waals surface area contributed by atoms with Gasteiger partial charge in [0.25, 0.3) is 0 Å². The van der Waals surface area contributed by atoms with Crippen LogP contribution in [0.15, 0.2) is 48.0 Å². The molecule has 0 saturated carbocycles. The van der Waals surface area contributed by atoms with Gasteiger partial charge in [-0.3, -0.25) is 0 Å². The Kier molecular flexibility index (Phi) is 3.78. The minimum Gasteiger partial charge on any atom is -0.310 e. The van der Waals surface area contributed by atoms with Crippen LogP contribution in [0.4, 0.5) is 4.39 Å². The Morgan fingerprint density at radius 2 is 1.78 bits per heavy atom. The molecule has 1 unspecified atom stereocenters. The Morgan fingerprint density at radius 3 is 2.39 bits per heavy atom. The normalized spacial score (nSPS) is 12.4. The Bertz CT molecular complexity index is 583. The van der Waals surface area contributed by atoms with Crippen LogP contribution in [0.3, 0.4) is 0 Å². The second-order valence-electron chi connectivity index (χ2n) is 4.69. The molecule has 0 aliphatic rings. The third kappa shape index (κ3) is 2.44. The van der Waals surface area contributed by atoms with Crippen LogP contribution in [-0.4, -0.2) is 7.05 Å². The zero-order valence-corrected chi connectivity index (χ0v) is 11.0. The number of hydrogen-bond acceptors (Lipinski definition) is 1. The van der Waals surface area contributed by atoms with E-state index in [1.807, 2.05) is 37.4 Å². The zero-order valence-electron chi connectivity index (χ0n) is 11.0. The second-order valence-corrected chi connectivity index (χ2v) is 4.69. The molecule has 0 radical (unpaired) electrons. The second kappa shape index (κ2) is 5.32. The molecule has 2 rings (SSSR count). The van der Waals surface area contributed by atoms with Crippen molar-refractivity contribution in [3.05, 3.63) is 59.4 Å². The van der Waals surface area contributed by atoms with Gasteiger partial charge in [-0.2, -0.15) is 0 Å². The summed E-state index contributed by atoms with van der Waals surface area (Å²) in [5.74, 6) is -0.165. The fraction of sp³-hybridized carbons (Fsp3) is 0.250. The lowest BCUT2D eigenvalue weighted by Crippen LogP contribution is -2.14. The van der Waals surface area contributed by atoms with Crippen molar-refractivity contribution in [2.45, 2.75) is 19.9 Å².